The van der Waals surface area contributed by atoms with Crippen molar-refractivity contribution in [3.8, 4) is 5.75 Å². The second kappa shape index (κ2) is 3.33. The van der Waals surface area contributed by atoms with Crippen molar-refractivity contribution < 1.29 is 9.84 Å². The van der Waals surface area contributed by atoms with E-state index in [1.807, 2.05) is 0 Å². The van der Waals surface area contributed by atoms with Crippen LogP contribution in [0.4, 0.5) is 0 Å². The topological polar surface area (TPSA) is 29.5 Å². The molecule has 0 bridgehead atoms. The van der Waals surface area contributed by atoms with E-state index in [1.165, 1.54) is 0 Å². The third kappa shape index (κ3) is 3.11. The summed E-state index contributed by atoms with van der Waals surface area (Å²) in [7, 11) is 0. The predicted molar refractivity (Wildman–Crippen MR) is 48.4 cm³/mol. The first-order valence-corrected chi connectivity index (χ1v) is 4.02. The quantitative estimate of drug-likeness (QED) is 0.719. The summed E-state index contributed by atoms with van der Waals surface area (Å²) in [6.07, 6.45) is 0. The first kappa shape index (κ1) is 9.36. The molecule has 3 heteroatoms. The van der Waals surface area contributed by atoms with E-state index in [4.69, 9.17) is 16.3 Å². The van der Waals surface area contributed by atoms with E-state index < -0.39 is 5.79 Å². The zero-order chi connectivity index (χ0) is 9.19. The zero-order valence-corrected chi connectivity index (χ0v) is 7.80. The van der Waals surface area contributed by atoms with Crippen LogP contribution < -0.4 is 4.74 Å². The maximum atomic E-state index is 9.29. The number of ether oxygens (including phenoxy) is 1. The summed E-state index contributed by atoms with van der Waals surface area (Å²) in [5.41, 5.74) is 0. The molecule has 0 aliphatic rings. The van der Waals surface area contributed by atoms with Crippen molar-refractivity contribution >= 4 is 11.6 Å². The van der Waals surface area contributed by atoms with Crippen molar-refractivity contribution in [3.05, 3.63) is 29.3 Å². The van der Waals surface area contributed by atoms with Gasteiger partial charge in [-0.2, -0.15) is 0 Å². The molecule has 0 aromatic heterocycles. The van der Waals surface area contributed by atoms with Crippen LogP contribution in [0.3, 0.4) is 0 Å². The highest BCUT2D eigenvalue weighted by Crippen LogP contribution is 2.19. The van der Waals surface area contributed by atoms with Gasteiger partial charge in [-0.3, -0.25) is 0 Å². The molecule has 0 radical (unpaired) electrons. The van der Waals surface area contributed by atoms with Gasteiger partial charge in [-0.15, -0.1) is 0 Å². The van der Waals surface area contributed by atoms with Crippen molar-refractivity contribution in [2.75, 3.05) is 0 Å². The second-order valence-corrected chi connectivity index (χ2v) is 3.44. The molecule has 0 saturated heterocycles. The second-order valence-electron chi connectivity index (χ2n) is 3.00. The summed E-state index contributed by atoms with van der Waals surface area (Å²) in [5, 5.41) is 9.94. The van der Waals surface area contributed by atoms with Crippen LogP contribution in [0.15, 0.2) is 24.3 Å². The molecule has 0 amide bonds. The fourth-order valence-electron chi connectivity index (χ4n) is 0.791. The highest BCUT2D eigenvalue weighted by Gasteiger charge is 2.13. The number of hydrogen-bond acceptors (Lipinski definition) is 2. The van der Waals surface area contributed by atoms with Crippen molar-refractivity contribution in [1.82, 2.24) is 0 Å². The Morgan fingerprint density at radius 3 is 2.17 bits per heavy atom. The highest BCUT2D eigenvalue weighted by atomic mass is 35.5. The Hall–Kier alpha value is -0.730. The lowest BCUT2D eigenvalue weighted by molar-refractivity contribution is -0.104. The average Bonchev–Trinajstić information content (AvgIpc) is 1.91. The van der Waals surface area contributed by atoms with Gasteiger partial charge in [0.2, 0.25) is 5.79 Å². The van der Waals surface area contributed by atoms with E-state index in [-0.39, 0.29) is 0 Å². The van der Waals surface area contributed by atoms with Crippen LogP contribution in [0.2, 0.25) is 5.02 Å². The number of aliphatic hydroxyl groups is 1. The van der Waals surface area contributed by atoms with Crippen molar-refractivity contribution in [3.63, 3.8) is 0 Å². The lowest BCUT2D eigenvalue weighted by Crippen LogP contribution is -2.26. The highest BCUT2D eigenvalue weighted by molar-refractivity contribution is 6.30. The SMILES string of the molecule is CC(C)(O)Oc1ccc(Cl)cc1. The number of hydrogen-bond donors (Lipinski definition) is 1. The summed E-state index contributed by atoms with van der Waals surface area (Å²) in [4.78, 5) is 0. The Kier molecular flexibility index (Phi) is 2.60. The molecule has 12 heavy (non-hydrogen) atoms. The standard InChI is InChI=1S/C9H11ClO2/c1-9(2,11)12-8-5-3-7(10)4-6-8/h3-6,11H,1-2H3. The molecule has 0 atom stereocenters. The lowest BCUT2D eigenvalue weighted by atomic mass is 10.3. The van der Waals surface area contributed by atoms with Crippen molar-refractivity contribution in [1.29, 1.82) is 0 Å². The Bertz CT molecular complexity index is 248. The molecule has 1 aromatic rings. The van der Waals surface area contributed by atoms with Crippen molar-refractivity contribution in [2.45, 2.75) is 19.6 Å². The van der Waals surface area contributed by atoms with Gasteiger partial charge in [0.1, 0.15) is 5.75 Å². The number of rotatable bonds is 2. The smallest absolute Gasteiger partial charge is 0.202 e. The molecule has 2 nitrogen and oxygen atoms in total. The monoisotopic (exact) mass is 186 g/mol. The van der Waals surface area contributed by atoms with Crippen LogP contribution in [-0.2, 0) is 0 Å². The van der Waals surface area contributed by atoms with Crippen LogP contribution >= 0.6 is 11.6 Å². The van der Waals surface area contributed by atoms with E-state index in [0.29, 0.717) is 10.8 Å². The minimum absolute atomic E-state index is 0.604. The molecule has 1 aromatic carbocycles. The van der Waals surface area contributed by atoms with Gasteiger partial charge in [0.25, 0.3) is 0 Å². The summed E-state index contributed by atoms with van der Waals surface area (Å²) >= 11 is 5.66. The third-order valence-electron chi connectivity index (χ3n) is 1.18. The summed E-state index contributed by atoms with van der Waals surface area (Å²) < 4.78 is 5.15. The van der Waals surface area contributed by atoms with E-state index in [2.05, 4.69) is 0 Å². The molecule has 1 N–H and O–H groups in total. The Morgan fingerprint density at radius 1 is 1.25 bits per heavy atom. The van der Waals surface area contributed by atoms with E-state index in [0.717, 1.165) is 0 Å². The first-order chi connectivity index (χ1) is 5.47. The molecular formula is C9H11ClO2. The predicted octanol–water partition coefficient (Wildman–Crippen LogP) is 2.45. The van der Waals surface area contributed by atoms with Gasteiger partial charge in [-0.1, -0.05) is 11.6 Å². The average molecular weight is 187 g/mol. The van der Waals surface area contributed by atoms with Crippen molar-refractivity contribution in [2.24, 2.45) is 0 Å². The van der Waals surface area contributed by atoms with E-state index in [9.17, 15) is 5.11 Å². The summed E-state index contributed by atoms with van der Waals surface area (Å²) in [6, 6.07) is 6.84. The Labute approximate surface area is 76.7 Å². The van der Waals surface area contributed by atoms with Crippen LogP contribution in [0.1, 0.15) is 13.8 Å². The first-order valence-electron chi connectivity index (χ1n) is 3.64. The maximum absolute atomic E-state index is 9.29. The van der Waals surface area contributed by atoms with Gasteiger partial charge >= 0.3 is 0 Å². The van der Waals surface area contributed by atoms with E-state index in [1.54, 1.807) is 38.1 Å². The largest absolute Gasteiger partial charge is 0.463 e. The van der Waals surface area contributed by atoms with Gasteiger partial charge < -0.3 is 9.84 Å². The van der Waals surface area contributed by atoms with Crippen LogP contribution in [-0.4, -0.2) is 10.9 Å². The minimum atomic E-state index is -1.15. The number of benzene rings is 1. The molecule has 0 spiro atoms. The fourth-order valence-corrected chi connectivity index (χ4v) is 0.917. The fraction of sp³-hybridized carbons (Fsp3) is 0.333. The van der Waals surface area contributed by atoms with Gasteiger partial charge in [0.05, 0.1) is 0 Å². The van der Waals surface area contributed by atoms with Crippen LogP contribution in [0.25, 0.3) is 0 Å². The normalized spacial score (nSPS) is 11.3. The summed E-state index contributed by atoms with van der Waals surface area (Å²) in [6.45, 7) is 3.14. The molecule has 0 unspecified atom stereocenters. The molecule has 66 valence electrons. The molecule has 0 heterocycles. The number of halogens is 1. The Morgan fingerprint density at radius 2 is 1.75 bits per heavy atom. The molecule has 1 rings (SSSR count). The van der Waals surface area contributed by atoms with Crippen LogP contribution in [0.5, 0.6) is 5.75 Å². The van der Waals surface area contributed by atoms with Crippen LogP contribution in [0, 0.1) is 0 Å². The third-order valence-corrected chi connectivity index (χ3v) is 1.43. The Balaban J connectivity index is 2.71. The molecule has 0 fully saturated rings. The van der Waals surface area contributed by atoms with Gasteiger partial charge in [-0.25, -0.2) is 0 Å². The lowest BCUT2D eigenvalue weighted by Gasteiger charge is -2.19. The molecule has 0 saturated carbocycles. The molecule has 0 aliphatic heterocycles. The summed E-state index contributed by atoms with van der Waals surface area (Å²) in [5.74, 6) is -0.541. The van der Waals surface area contributed by atoms with Gasteiger partial charge in [-0.05, 0) is 24.3 Å². The van der Waals surface area contributed by atoms with Gasteiger partial charge in [0.15, 0.2) is 0 Å². The van der Waals surface area contributed by atoms with E-state index >= 15 is 0 Å². The maximum Gasteiger partial charge on any atom is 0.202 e. The zero-order valence-electron chi connectivity index (χ0n) is 7.04. The molecular weight excluding hydrogens is 176 g/mol. The van der Waals surface area contributed by atoms with Gasteiger partial charge in [0, 0.05) is 18.9 Å². The molecule has 0 aliphatic carbocycles. The minimum Gasteiger partial charge on any atom is -0.463 e.